The van der Waals surface area contributed by atoms with Crippen molar-refractivity contribution in [2.75, 3.05) is 13.7 Å². The van der Waals surface area contributed by atoms with Gasteiger partial charge in [0.05, 0.1) is 12.7 Å². The highest BCUT2D eigenvalue weighted by Gasteiger charge is 2.40. The first-order valence-corrected chi connectivity index (χ1v) is 10.7. The Labute approximate surface area is 195 Å². The van der Waals surface area contributed by atoms with E-state index >= 15 is 0 Å². The molecule has 0 bridgehead atoms. The Morgan fingerprint density at radius 1 is 1.38 bits per heavy atom. The van der Waals surface area contributed by atoms with E-state index in [1.165, 1.54) is 19.4 Å². The SMILES string of the molecule is C=C(/C=C\N=C(/N)n1cc(C(=O)NCC2(c3cccnc3)CCCCC2)c(C(F)(F)F)n1)OC. The molecule has 3 rings (SSSR count). The van der Waals surface area contributed by atoms with Gasteiger partial charge in [-0.1, -0.05) is 31.9 Å². The van der Waals surface area contributed by atoms with Gasteiger partial charge in [0.2, 0.25) is 5.96 Å². The number of ether oxygens (including phenoxy) is 1. The van der Waals surface area contributed by atoms with Crippen molar-refractivity contribution in [3.8, 4) is 0 Å². The molecule has 0 radical (unpaired) electrons. The van der Waals surface area contributed by atoms with E-state index in [9.17, 15) is 18.0 Å². The number of amides is 1. The van der Waals surface area contributed by atoms with Crippen LogP contribution in [0.25, 0.3) is 0 Å². The van der Waals surface area contributed by atoms with Gasteiger partial charge in [-0.25, -0.2) is 9.67 Å². The number of nitrogens with zero attached hydrogens (tertiary/aromatic N) is 4. The van der Waals surface area contributed by atoms with Gasteiger partial charge in [-0.15, -0.1) is 0 Å². The van der Waals surface area contributed by atoms with Crippen LogP contribution in [-0.4, -0.2) is 40.3 Å². The maximum atomic E-state index is 13.6. The number of aliphatic imine (C=N–C) groups is 1. The minimum absolute atomic E-state index is 0.186. The van der Waals surface area contributed by atoms with Crippen LogP contribution in [0.1, 0.15) is 53.7 Å². The molecule has 11 heteroatoms. The first kappa shape index (κ1) is 25.0. The molecule has 2 heterocycles. The number of hydrogen-bond donors (Lipinski definition) is 2. The summed E-state index contributed by atoms with van der Waals surface area (Å²) in [6, 6.07) is 3.75. The van der Waals surface area contributed by atoms with Crippen molar-refractivity contribution in [3.05, 3.63) is 72.2 Å². The minimum atomic E-state index is -4.86. The molecule has 1 fully saturated rings. The maximum absolute atomic E-state index is 13.6. The van der Waals surface area contributed by atoms with Crippen molar-refractivity contribution in [1.29, 1.82) is 0 Å². The molecule has 0 saturated heterocycles. The monoisotopic (exact) mass is 476 g/mol. The van der Waals surface area contributed by atoms with Gasteiger partial charge in [-0.2, -0.15) is 18.3 Å². The van der Waals surface area contributed by atoms with Crippen molar-refractivity contribution in [3.63, 3.8) is 0 Å². The number of nitrogens with two attached hydrogens (primary N) is 1. The minimum Gasteiger partial charge on any atom is -0.497 e. The average Bonchev–Trinajstić information content (AvgIpc) is 3.30. The van der Waals surface area contributed by atoms with Crippen molar-refractivity contribution < 1.29 is 22.7 Å². The normalized spacial score (nSPS) is 16.4. The highest BCUT2D eigenvalue weighted by atomic mass is 19.4. The molecule has 34 heavy (non-hydrogen) atoms. The van der Waals surface area contributed by atoms with E-state index in [0.717, 1.165) is 48.5 Å². The molecule has 0 unspecified atom stereocenters. The molecule has 182 valence electrons. The number of methoxy groups -OCH3 is 1. The van der Waals surface area contributed by atoms with Crippen LogP contribution >= 0.6 is 0 Å². The van der Waals surface area contributed by atoms with E-state index in [-0.39, 0.29) is 23.7 Å². The molecule has 0 atom stereocenters. The van der Waals surface area contributed by atoms with Crippen LogP contribution in [-0.2, 0) is 16.3 Å². The number of alkyl halides is 3. The van der Waals surface area contributed by atoms with E-state index in [1.54, 1.807) is 12.4 Å². The zero-order valence-corrected chi connectivity index (χ0v) is 18.8. The van der Waals surface area contributed by atoms with E-state index in [4.69, 9.17) is 10.5 Å². The molecule has 1 aliphatic rings. The molecule has 2 aromatic heterocycles. The molecule has 3 N–H and O–H groups in total. The zero-order chi connectivity index (χ0) is 24.8. The van der Waals surface area contributed by atoms with E-state index in [1.807, 2.05) is 12.1 Å². The maximum Gasteiger partial charge on any atom is 0.435 e. The predicted molar refractivity (Wildman–Crippen MR) is 121 cm³/mol. The van der Waals surface area contributed by atoms with Crippen LogP contribution in [0.3, 0.4) is 0 Å². The Hall–Kier alpha value is -3.63. The van der Waals surface area contributed by atoms with Gasteiger partial charge in [0.25, 0.3) is 5.91 Å². The Kier molecular flexibility index (Phi) is 7.75. The number of pyridine rings is 1. The Morgan fingerprint density at radius 2 is 2.12 bits per heavy atom. The zero-order valence-electron chi connectivity index (χ0n) is 18.8. The van der Waals surface area contributed by atoms with Crippen LogP contribution in [0.2, 0.25) is 0 Å². The number of allylic oxidation sites excluding steroid dienone is 1. The number of nitrogens with one attached hydrogen (secondary N) is 1. The van der Waals surface area contributed by atoms with E-state index < -0.39 is 23.3 Å². The van der Waals surface area contributed by atoms with Crippen LogP contribution < -0.4 is 11.1 Å². The predicted octanol–water partition coefficient (Wildman–Crippen LogP) is 3.77. The number of carbonyl (C=O) groups excluding carboxylic acids is 1. The van der Waals surface area contributed by atoms with Crippen LogP contribution in [0.15, 0.2) is 60.3 Å². The topological polar surface area (TPSA) is 107 Å². The lowest BCUT2D eigenvalue weighted by Crippen LogP contribution is -2.42. The summed E-state index contributed by atoms with van der Waals surface area (Å²) in [6.07, 6.45) is 6.68. The van der Waals surface area contributed by atoms with Gasteiger partial charge in [-0.05, 0) is 30.5 Å². The first-order valence-electron chi connectivity index (χ1n) is 10.7. The summed E-state index contributed by atoms with van der Waals surface area (Å²) in [5, 5.41) is 6.16. The van der Waals surface area contributed by atoms with Crippen LogP contribution in [0, 0.1) is 0 Å². The number of hydrogen-bond acceptors (Lipinski definition) is 5. The fourth-order valence-corrected chi connectivity index (χ4v) is 4.01. The van der Waals surface area contributed by atoms with Crippen LogP contribution in [0.4, 0.5) is 13.2 Å². The molecule has 1 amide bonds. The molecule has 0 aliphatic heterocycles. The number of carbonyl (C=O) groups is 1. The highest BCUT2D eigenvalue weighted by Crippen LogP contribution is 2.39. The first-order chi connectivity index (χ1) is 16.2. The third-order valence-corrected chi connectivity index (χ3v) is 5.86. The fraction of sp³-hybridized carbons (Fsp3) is 0.391. The third kappa shape index (κ3) is 5.83. The summed E-state index contributed by atoms with van der Waals surface area (Å²) >= 11 is 0. The van der Waals surface area contributed by atoms with Gasteiger partial charge < -0.3 is 15.8 Å². The largest absolute Gasteiger partial charge is 0.497 e. The lowest BCUT2D eigenvalue weighted by Gasteiger charge is -2.37. The smallest absolute Gasteiger partial charge is 0.435 e. The quantitative estimate of drug-likeness (QED) is 0.274. The molecule has 0 aromatic carbocycles. The standard InChI is InChI=1S/C23H27F3N6O2/c1-16(34-2)8-12-29-21(27)32-14-18(19(31-32)23(24,25)26)20(33)30-15-22(9-4-3-5-10-22)17-7-6-11-28-13-17/h6-8,11-14H,1,3-5,9-10,15H2,2H3,(H2,27,29)(H,30,33)/b12-8-. The molecule has 2 aromatic rings. The third-order valence-electron chi connectivity index (χ3n) is 5.86. The number of halogens is 3. The van der Waals surface area contributed by atoms with Crippen molar-refractivity contribution in [1.82, 2.24) is 20.1 Å². The Balaban J connectivity index is 1.85. The lowest BCUT2D eigenvalue weighted by molar-refractivity contribution is -0.141. The van der Waals surface area contributed by atoms with Crippen molar-refractivity contribution >= 4 is 11.9 Å². The molecule has 1 saturated carbocycles. The summed E-state index contributed by atoms with van der Waals surface area (Å²) in [4.78, 5) is 20.9. The Bertz CT molecular complexity index is 1070. The molecule has 8 nitrogen and oxygen atoms in total. The molecule has 0 spiro atoms. The molecular formula is C23H27F3N6O2. The second kappa shape index (κ2) is 10.5. The summed E-state index contributed by atoms with van der Waals surface area (Å²) in [6.45, 7) is 3.74. The second-order valence-electron chi connectivity index (χ2n) is 8.07. The van der Waals surface area contributed by atoms with Gasteiger partial charge in [-0.3, -0.25) is 9.78 Å². The molecular weight excluding hydrogens is 449 g/mol. The summed E-state index contributed by atoms with van der Waals surface area (Å²) in [5.41, 5.74) is 4.36. The Morgan fingerprint density at radius 3 is 2.74 bits per heavy atom. The number of aromatic nitrogens is 3. The van der Waals surface area contributed by atoms with Crippen molar-refractivity contribution in [2.45, 2.75) is 43.7 Å². The number of rotatable bonds is 7. The lowest BCUT2D eigenvalue weighted by atomic mass is 9.70. The average molecular weight is 477 g/mol. The molecule has 1 aliphatic carbocycles. The van der Waals surface area contributed by atoms with E-state index in [0.29, 0.717) is 0 Å². The van der Waals surface area contributed by atoms with E-state index in [2.05, 4.69) is 27.0 Å². The second-order valence-corrected chi connectivity index (χ2v) is 8.07. The summed E-state index contributed by atoms with van der Waals surface area (Å²) in [5.74, 6) is -0.967. The van der Waals surface area contributed by atoms with Crippen molar-refractivity contribution in [2.24, 2.45) is 10.7 Å². The van der Waals surface area contributed by atoms with Gasteiger partial charge in [0.1, 0.15) is 5.76 Å². The van der Waals surface area contributed by atoms with Gasteiger partial charge in [0, 0.05) is 36.8 Å². The van der Waals surface area contributed by atoms with Gasteiger partial charge >= 0.3 is 6.18 Å². The van der Waals surface area contributed by atoms with Crippen LogP contribution in [0.5, 0.6) is 0 Å². The summed E-state index contributed by atoms with van der Waals surface area (Å²) in [7, 11) is 1.40. The summed E-state index contributed by atoms with van der Waals surface area (Å²) < 4.78 is 46.5. The highest BCUT2D eigenvalue weighted by molar-refractivity contribution is 5.96. The van der Waals surface area contributed by atoms with Gasteiger partial charge in [0.15, 0.2) is 5.69 Å². The fourth-order valence-electron chi connectivity index (χ4n) is 4.01.